The summed E-state index contributed by atoms with van der Waals surface area (Å²) in [6, 6.07) is 12.0. The number of rotatable bonds is 9. The molecule has 7 heteroatoms. The Morgan fingerprint density at radius 2 is 1.78 bits per heavy atom. The predicted octanol–water partition coefficient (Wildman–Crippen LogP) is 2.58. The Morgan fingerprint density at radius 1 is 1.00 bits per heavy atom. The SMILES string of the molecule is CCOc1ccccc1C(=O)NCC(=O)OCc1cc(OC)ccc1OC. The third-order valence-corrected chi connectivity index (χ3v) is 3.70. The second kappa shape index (κ2) is 10.1. The van der Waals surface area contributed by atoms with Crippen molar-refractivity contribution in [3.8, 4) is 17.2 Å². The molecule has 0 bridgehead atoms. The van der Waals surface area contributed by atoms with Crippen LogP contribution in [0.3, 0.4) is 0 Å². The summed E-state index contributed by atoms with van der Waals surface area (Å²) in [7, 11) is 3.08. The molecular formula is C20H23NO6. The smallest absolute Gasteiger partial charge is 0.325 e. The highest BCUT2D eigenvalue weighted by Gasteiger charge is 2.14. The molecule has 0 radical (unpaired) electrons. The Hall–Kier alpha value is -3.22. The van der Waals surface area contributed by atoms with E-state index in [1.807, 2.05) is 6.92 Å². The lowest BCUT2D eigenvalue weighted by molar-refractivity contribution is -0.143. The molecule has 0 saturated heterocycles. The van der Waals surface area contributed by atoms with Crippen LogP contribution in [0.4, 0.5) is 0 Å². The average Bonchev–Trinajstić information content (AvgIpc) is 2.70. The number of nitrogens with one attached hydrogen (secondary N) is 1. The van der Waals surface area contributed by atoms with E-state index in [1.165, 1.54) is 7.11 Å². The van der Waals surface area contributed by atoms with Crippen molar-refractivity contribution >= 4 is 11.9 Å². The molecule has 2 rings (SSSR count). The van der Waals surface area contributed by atoms with Gasteiger partial charge in [0, 0.05) is 5.56 Å². The first-order valence-corrected chi connectivity index (χ1v) is 8.45. The molecule has 144 valence electrons. The molecule has 0 aromatic heterocycles. The topological polar surface area (TPSA) is 83.1 Å². The van der Waals surface area contributed by atoms with Crippen LogP contribution in [0.5, 0.6) is 17.2 Å². The molecule has 0 aliphatic heterocycles. The predicted molar refractivity (Wildman–Crippen MR) is 99.3 cm³/mol. The maximum absolute atomic E-state index is 12.3. The molecule has 0 fully saturated rings. The van der Waals surface area contributed by atoms with E-state index in [9.17, 15) is 9.59 Å². The lowest BCUT2D eigenvalue weighted by atomic mass is 10.2. The van der Waals surface area contributed by atoms with Gasteiger partial charge < -0.3 is 24.3 Å². The minimum Gasteiger partial charge on any atom is -0.497 e. The fourth-order valence-electron chi connectivity index (χ4n) is 2.39. The number of amides is 1. The summed E-state index contributed by atoms with van der Waals surface area (Å²) in [4.78, 5) is 24.2. The summed E-state index contributed by atoms with van der Waals surface area (Å²) in [5.41, 5.74) is 1.03. The zero-order valence-corrected chi connectivity index (χ0v) is 15.6. The van der Waals surface area contributed by atoms with Crippen LogP contribution in [-0.4, -0.2) is 39.2 Å². The van der Waals surface area contributed by atoms with Crippen LogP contribution < -0.4 is 19.5 Å². The fourth-order valence-corrected chi connectivity index (χ4v) is 2.39. The van der Waals surface area contributed by atoms with Crippen LogP contribution in [0.1, 0.15) is 22.8 Å². The van der Waals surface area contributed by atoms with Gasteiger partial charge in [0.2, 0.25) is 0 Å². The molecule has 0 unspecified atom stereocenters. The summed E-state index contributed by atoms with van der Waals surface area (Å²) in [5.74, 6) is 0.699. The molecule has 27 heavy (non-hydrogen) atoms. The quantitative estimate of drug-likeness (QED) is 0.680. The second-order valence-corrected chi connectivity index (χ2v) is 5.45. The van der Waals surface area contributed by atoms with Crippen LogP contribution in [0, 0.1) is 0 Å². The van der Waals surface area contributed by atoms with Crippen molar-refractivity contribution < 1.29 is 28.5 Å². The molecule has 7 nitrogen and oxygen atoms in total. The maximum Gasteiger partial charge on any atom is 0.325 e. The summed E-state index contributed by atoms with van der Waals surface area (Å²) in [6.45, 7) is 2.02. The van der Waals surface area contributed by atoms with Crippen molar-refractivity contribution in [3.05, 3.63) is 53.6 Å². The lowest BCUT2D eigenvalue weighted by Gasteiger charge is -2.12. The van der Waals surface area contributed by atoms with Gasteiger partial charge in [0.1, 0.15) is 30.4 Å². The Morgan fingerprint density at radius 3 is 2.48 bits per heavy atom. The van der Waals surface area contributed by atoms with Crippen molar-refractivity contribution in [3.63, 3.8) is 0 Å². The molecule has 2 aromatic carbocycles. The van der Waals surface area contributed by atoms with E-state index < -0.39 is 11.9 Å². The van der Waals surface area contributed by atoms with E-state index in [0.29, 0.717) is 35.0 Å². The van der Waals surface area contributed by atoms with Crippen LogP contribution >= 0.6 is 0 Å². The minimum absolute atomic E-state index is 0.00457. The fraction of sp³-hybridized carbons (Fsp3) is 0.300. The maximum atomic E-state index is 12.3. The van der Waals surface area contributed by atoms with Crippen LogP contribution in [0.2, 0.25) is 0 Å². The summed E-state index contributed by atoms with van der Waals surface area (Å²) in [6.07, 6.45) is 0. The van der Waals surface area contributed by atoms with E-state index in [-0.39, 0.29) is 13.2 Å². The van der Waals surface area contributed by atoms with E-state index in [0.717, 1.165) is 0 Å². The Bertz CT molecular complexity index is 790. The summed E-state index contributed by atoms with van der Waals surface area (Å²) in [5, 5.41) is 2.54. The second-order valence-electron chi connectivity index (χ2n) is 5.45. The van der Waals surface area contributed by atoms with Gasteiger partial charge in [0.15, 0.2) is 0 Å². The van der Waals surface area contributed by atoms with Gasteiger partial charge in [-0.25, -0.2) is 0 Å². The number of hydrogen-bond donors (Lipinski definition) is 1. The zero-order valence-electron chi connectivity index (χ0n) is 15.6. The molecule has 0 heterocycles. The van der Waals surface area contributed by atoms with Crippen LogP contribution in [0.25, 0.3) is 0 Å². The lowest BCUT2D eigenvalue weighted by Crippen LogP contribution is -2.30. The van der Waals surface area contributed by atoms with Crippen molar-refractivity contribution in [2.75, 3.05) is 27.4 Å². The third-order valence-electron chi connectivity index (χ3n) is 3.70. The highest BCUT2D eigenvalue weighted by molar-refractivity contribution is 5.98. The number of carbonyl (C=O) groups excluding carboxylic acids is 2. The van der Waals surface area contributed by atoms with E-state index in [1.54, 1.807) is 49.6 Å². The van der Waals surface area contributed by atoms with Gasteiger partial charge >= 0.3 is 5.97 Å². The van der Waals surface area contributed by atoms with Gasteiger partial charge in [-0.2, -0.15) is 0 Å². The van der Waals surface area contributed by atoms with Gasteiger partial charge in [-0.3, -0.25) is 9.59 Å². The highest BCUT2D eigenvalue weighted by atomic mass is 16.5. The van der Waals surface area contributed by atoms with E-state index in [2.05, 4.69) is 5.32 Å². The molecule has 0 aliphatic rings. The number of hydrogen-bond acceptors (Lipinski definition) is 6. The summed E-state index contributed by atoms with van der Waals surface area (Å²) < 4.78 is 21.0. The first-order chi connectivity index (χ1) is 13.1. The molecular weight excluding hydrogens is 350 g/mol. The van der Waals surface area contributed by atoms with Crippen molar-refractivity contribution in [2.24, 2.45) is 0 Å². The Balaban J connectivity index is 1.91. The molecule has 0 spiro atoms. The number of ether oxygens (including phenoxy) is 4. The van der Waals surface area contributed by atoms with Crippen LogP contribution in [-0.2, 0) is 16.1 Å². The molecule has 1 amide bonds. The standard InChI is InChI=1S/C20H23NO6/c1-4-26-18-8-6-5-7-16(18)20(23)21-12-19(22)27-13-14-11-15(24-2)9-10-17(14)25-3/h5-11H,4,12-13H2,1-3H3,(H,21,23). The monoisotopic (exact) mass is 373 g/mol. The molecule has 0 aliphatic carbocycles. The van der Waals surface area contributed by atoms with Crippen molar-refractivity contribution in [2.45, 2.75) is 13.5 Å². The number of carbonyl (C=O) groups is 2. The Labute approximate surface area is 158 Å². The van der Waals surface area contributed by atoms with Gasteiger partial charge in [-0.05, 0) is 37.3 Å². The highest BCUT2D eigenvalue weighted by Crippen LogP contribution is 2.24. The average molecular weight is 373 g/mol. The van der Waals surface area contributed by atoms with Crippen LogP contribution in [0.15, 0.2) is 42.5 Å². The number of methoxy groups -OCH3 is 2. The first-order valence-electron chi connectivity index (χ1n) is 8.45. The molecule has 2 aromatic rings. The largest absolute Gasteiger partial charge is 0.497 e. The minimum atomic E-state index is -0.567. The zero-order chi connectivity index (χ0) is 19.6. The summed E-state index contributed by atoms with van der Waals surface area (Å²) >= 11 is 0. The van der Waals surface area contributed by atoms with Gasteiger partial charge in [-0.15, -0.1) is 0 Å². The van der Waals surface area contributed by atoms with E-state index >= 15 is 0 Å². The number of para-hydroxylation sites is 1. The molecule has 1 N–H and O–H groups in total. The van der Waals surface area contributed by atoms with Crippen molar-refractivity contribution in [1.82, 2.24) is 5.32 Å². The molecule has 0 saturated carbocycles. The normalized spacial score (nSPS) is 10.0. The molecule has 0 atom stereocenters. The van der Waals surface area contributed by atoms with Crippen molar-refractivity contribution in [1.29, 1.82) is 0 Å². The Kier molecular flexibility index (Phi) is 7.49. The van der Waals surface area contributed by atoms with E-state index in [4.69, 9.17) is 18.9 Å². The van der Waals surface area contributed by atoms with Gasteiger partial charge in [0.05, 0.1) is 26.4 Å². The van der Waals surface area contributed by atoms with Gasteiger partial charge in [-0.1, -0.05) is 12.1 Å². The number of benzene rings is 2. The van der Waals surface area contributed by atoms with Gasteiger partial charge in [0.25, 0.3) is 5.91 Å². The third kappa shape index (κ3) is 5.64. The number of esters is 1. The first kappa shape index (κ1) is 20.1.